The first-order chi connectivity index (χ1) is 17.1. The predicted octanol–water partition coefficient (Wildman–Crippen LogP) is 6.44. The number of fused-ring (bicyclic) bond motifs is 2. The summed E-state index contributed by atoms with van der Waals surface area (Å²) in [6.07, 6.45) is 8.73. The van der Waals surface area contributed by atoms with Crippen molar-refractivity contribution < 1.29 is 9.53 Å². The van der Waals surface area contributed by atoms with Gasteiger partial charge in [-0.05, 0) is 67.1 Å². The molecule has 5 rings (SSSR count). The Labute approximate surface area is 214 Å². The van der Waals surface area contributed by atoms with Crippen LogP contribution in [0.5, 0.6) is 0 Å². The van der Waals surface area contributed by atoms with E-state index < -0.39 is 0 Å². The fraction of sp³-hybridized carbons (Fsp3) is 0.393. The molecule has 4 aromatic rings. The van der Waals surface area contributed by atoms with Crippen molar-refractivity contribution >= 4 is 38.7 Å². The molecule has 4 heterocycles. The molecule has 0 spiro atoms. The summed E-state index contributed by atoms with van der Waals surface area (Å²) < 4.78 is 6.30. The number of nitrogens with one attached hydrogen (secondary N) is 1. The van der Waals surface area contributed by atoms with Gasteiger partial charge in [0.15, 0.2) is 0 Å². The third kappa shape index (κ3) is 5.54. The summed E-state index contributed by atoms with van der Waals surface area (Å²) in [6.45, 7) is 3.87. The number of ketones is 1. The van der Waals surface area contributed by atoms with Crippen LogP contribution in [-0.4, -0.2) is 35.5 Å². The summed E-state index contributed by atoms with van der Waals surface area (Å²) in [4.78, 5) is 24.7. The molecule has 3 aromatic heterocycles. The minimum absolute atomic E-state index is 0.323. The molecule has 7 heteroatoms. The van der Waals surface area contributed by atoms with Gasteiger partial charge >= 0.3 is 0 Å². The Kier molecular flexibility index (Phi) is 7.68. The van der Waals surface area contributed by atoms with Crippen LogP contribution < -0.4 is 5.32 Å². The summed E-state index contributed by atoms with van der Waals surface area (Å²) in [6, 6.07) is 11.0. The number of carbonyl (C=O) groups excluding carboxylic acids is 1. The number of unbranched alkanes of at least 4 members (excludes halogenated alkanes) is 2. The fourth-order valence-electron chi connectivity index (χ4n) is 4.72. The van der Waals surface area contributed by atoms with Crippen LogP contribution in [0.4, 0.5) is 0 Å². The van der Waals surface area contributed by atoms with Crippen LogP contribution in [0.15, 0.2) is 42.7 Å². The van der Waals surface area contributed by atoms with E-state index in [1.165, 1.54) is 25.6 Å². The number of Topliss-reactive ketones (excluding diaryl/α,β-unsaturated/α-hetero) is 1. The minimum atomic E-state index is 0.323. The number of carbonyl (C=O) groups is 1. The summed E-state index contributed by atoms with van der Waals surface area (Å²) >= 11 is 3.54. The third-order valence-electron chi connectivity index (χ3n) is 6.56. The van der Waals surface area contributed by atoms with Crippen LogP contribution in [0, 0.1) is 0 Å². The van der Waals surface area contributed by atoms with E-state index in [0.717, 1.165) is 60.5 Å². The van der Waals surface area contributed by atoms with Crippen LogP contribution >= 0.6 is 22.7 Å². The van der Waals surface area contributed by atoms with Gasteiger partial charge < -0.3 is 10.1 Å². The van der Waals surface area contributed by atoms with Crippen LogP contribution in [-0.2, 0) is 28.9 Å². The number of thiophene rings is 1. The quantitative estimate of drug-likeness (QED) is 0.251. The van der Waals surface area contributed by atoms with Gasteiger partial charge in [-0.3, -0.25) is 9.78 Å². The molecule has 0 saturated heterocycles. The molecular formula is C28H31N3O2S2. The number of nitrogens with zero attached hydrogens (tertiary/aromatic N) is 2. The van der Waals surface area contributed by atoms with Crippen LogP contribution in [0.2, 0.25) is 0 Å². The highest BCUT2D eigenvalue weighted by Gasteiger charge is 2.27. The molecule has 1 atom stereocenters. The average molecular weight is 506 g/mol. The van der Waals surface area contributed by atoms with Gasteiger partial charge in [0.1, 0.15) is 10.8 Å². The molecule has 1 aromatic carbocycles. The largest absolute Gasteiger partial charge is 0.385 e. The van der Waals surface area contributed by atoms with Gasteiger partial charge in [0.05, 0.1) is 10.2 Å². The van der Waals surface area contributed by atoms with E-state index in [2.05, 4.69) is 35.4 Å². The van der Waals surface area contributed by atoms with Crippen molar-refractivity contribution in [2.45, 2.75) is 58.0 Å². The Bertz CT molecular complexity index is 1310. The monoisotopic (exact) mass is 505 g/mol. The van der Waals surface area contributed by atoms with Crippen molar-refractivity contribution in [2.24, 2.45) is 0 Å². The molecule has 182 valence electrons. The normalized spacial score (nSPS) is 15.4. The van der Waals surface area contributed by atoms with Crippen LogP contribution in [0.25, 0.3) is 31.9 Å². The van der Waals surface area contributed by atoms with E-state index in [4.69, 9.17) is 9.72 Å². The molecular weight excluding hydrogens is 474 g/mol. The molecule has 1 unspecified atom stereocenters. The maximum absolute atomic E-state index is 12.9. The number of hydrogen-bond acceptors (Lipinski definition) is 7. The molecule has 0 bridgehead atoms. The van der Waals surface area contributed by atoms with E-state index in [9.17, 15) is 4.79 Å². The summed E-state index contributed by atoms with van der Waals surface area (Å²) in [5, 5.41) is 4.62. The standard InChI is InChI=1S/C28H31N3O2S2/c1-18-14-22-26(17-30-18)34-25(16-21(32)6-4-3-5-13-33-2)27(22)28-31-23-15-20(7-8-24(23)35-28)19-9-11-29-12-10-19/h7-12,15,18,30H,3-6,13-14,16-17H2,1-2H3. The van der Waals surface area contributed by atoms with Gasteiger partial charge in [-0.25, -0.2) is 4.98 Å². The van der Waals surface area contributed by atoms with Gasteiger partial charge in [0.2, 0.25) is 0 Å². The number of thiazole rings is 1. The average Bonchev–Trinajstić information content (AvgIpc) is 3.44. The molecule has 0 aliphatic carbocycles. The second kappa shape index (κ2) is 11.1. The van der Waals surface area contributed by atoms with Crippen LogP contribution in [0.1, 0.15) is 47.9 Å². The van der Waals surface area contributed by atoms with E-state index in [1.807, 2.05) is 24.5 Å². The molecule has 1 aliphatic heterocycles. The Morgan fingerprint density at radius 2 is 1.97 bits per heavy atom. The Morgan fingerprint density at radius 3 is 2.80 bits per heavy atom. The number of hydrogen-bond donors (Lipinski definition) is 1. The number of pyridine rings is 1. The lowest BCUT2D eigenvalue weighted by Crippen LogP contribution is -2.32. The highest BCUT2D eigenvalue weighted by atomic mass is 32.1. The maximum Gasteiger partial charge on any atom is 0.138 e. The molecule has 0 amide bonds. The minimum Gasteiger partial charge on any atom is -0.385 e. The van der Waals surface area contributed by atoms with Gasteiger partial charge in [-0.2, -0.15) is 0 Å². The van der Waals surface area contributed by atoms with Crippen LogP contribution in [0.3, 0.4) is 0 Å². The van der Waals surface area contributed by atoms with E-state index >= 15 is 0 Å². The molecule has 1 aliphatic rings. The Hall–Kier alpha value is -2.45. The smallest absolute Gasteiger partial charge is 0.138 e. The summed E-state index contributed by atoms with van der Waals surface area (Å²) in [5.74, 6) is 0.323. The topological polar surface area (TPSA) is 64.1 Å². The van der Waals surface area contributed by atoms with Gasteiger partial charge in [-0.1, -0.05) is 12.5 Å². The zero-order valence-corrected chi connectivity index (χ0v) is 21.9. The molecule has 0 fully saturated rings. The number of benzene rings is 1. The van der Waals surface area contributed by atoms with E-state index in [1.54, 1.807) is 29.8 Å². The molecule has 5 nitrogen and oxygen atoms in total. The third-order valence-corrected chi connectivity index (χ3v) is 8.85. The fourth-order valence-corrected chi connectivity index (χ4v) is 7.14. The molecule has 0 radical (unpaired) electrons. The second-order valence-corrected chi connectivity index (χ2v) is 11.5. The highest BCUT2D eigenvalue weighted by Crippen LogP contribution is 2.43. The lowest BCUT2D eigenvalue weighted by molar-refractivity contribution is -0.118. The lowest BCUT2D eigenvalue weighted by Gasteiger charge is -2.20. The number of ether oxygens (including phenoxy) is 1. The highest BCUT2D eigenvalue weighted by molar-refractivity contribution is 7.22. The van der Waals surface area contributed by atoms with Crippen molar-refractivity contribution in [3.8, 4) is 21.7 Å². The summed E-state index contributed by atoms with van der Waals surface area (Å²) in [5.41, 5.74) is 5.90. The van der Waals surface area contributed by atoms with E-state index in [-0.39, 0.29) is 0 Å². The van der Waals surface area contributed by atoms with Crippen molar-refractivity contribution in [1.82, 2.24) is 15.3 Å². The van der Waals surface area contributed by atoms with Crippen molar-refractivity contribution in [3.05, 3.63) is 58.0 Å². The first-order valence-electron chi connectivity index (χ1n) is 12.3. The number of rotatable bonds is 10. The Morgan fingerprint density at radius 1 is 1.11 bits per heavy atom. The van der Waals surface area contributed by atoms with E-state index in [0.29, 0.717) is 24.7 Å². The molecule has 35 heavy (non-hydrogen) atoms. The van der Waals surface area contributed by atoms with Crippen molar-refractivity contribution in [1.29, 1.82) is 0 Å². The second-order valence-electron chi connectivity index (χ2n) is 9.24. The zero-order valence-electron chi connectivity index (χ0n) is 20.3. The van der Waals surface area contributed by atoms with Gasteiger partial charge in [-0.15, -0.1) is 22.7 Å². The van der Waals surface area contributed by atoms with Gasteiger partial charge in [0.25, 0.3) is 0 Å². The van der Waals surface area contributed by atoms with Gasteiger partial charge in [0, 0.05) is 66.9 Å². The molecule has 0 saturated carbocycles. The predicted molar refractivity (Wildman–Crippen MR) is 145 cm³/mol. The first kappa shape index (κ1) is 24.3. The number of methoxy groups -OCH3 is 1. The van der Waals surface area contributed by atoms with Crippen molar-refractivity contribution in [2.75, 3.05) is 13.7 Å². The first-order valence-corrected chi connectivity index (χ1v) is 13.9. The SMILES string of the molecule is COCCCCCC(=O)Cc1sc2c(c1-c1nc3cc(-c4ccncc4)ccc3s1)CC(C)NC2. The number of aromatic nitrogens is 2. The lowest BCUT2D eigenvalue weighted by atomic mass is 9.97. The van der Waals surface area contributed by atoms with Crippen molar-refractivity contribution in [3.63, 3.8) is 0 Å². The Balaban J connectivity index is 1.45. The zero-order chi connectivity index (χ0) is 24.2. The maximum atomic E-state index is 12.9. The summed E-state index contributed by atoms with van der Waals surface area (Å²) in [7, 11) is 1.73. The molecule has 1 N–H and O–H groups in total.